The van der Waals surface area contributed by atoms with Gasteiger partial charge in [0.1, 0.15) is 23.5 Å². The molecule has 7 rings (SSSR count). The van der Waals surface area contributed by atoms with Crippen molar-refractivity contribution in [2.24, 2.45) is 0 Å². The van der Waals surface area contributed by atoms with Gasteiger partial charge in [0.05, 0.1) is 12.8 Å². The number of piperazine rings is 1. The van der Waals surface area contributed by atoms with Crippen molar-refractivity contribution in [3.63, 3.8) is 0 Å². The number of benzene rings is 1. The molecule has 8 nitrogen and oxygen atoms in total. The Morgan fingerprint density at radius 3 is 2.76 bits per heavy atom. The molecule has 2 bridgehead atoms. The smallest absolute Gasteiger partial charge is 0.165 e. The maximum atomic E-state index is 14.1. The van der Waals surface area contributed by atoms with Crippen LogP contribution in [0.1, 0.15) is 12.0 Å². The molecule has 3 aliphatic heterocycles. The number of phenols is 1. The van der Waals surface area contributed by atoms with E-state index in [9.17, 15) is 9.50 Å². The molecule has 4 aromatic rings. The number of hydrogen-bond acceptors (Lipinski definition) is 7. The standard InChI is InChI=1S/C24H23FN6O2/c1-33-21-8-20(32)15(6-19(21)25)10-31-16-7-17(31)12-30(11-16)22-3-2-14(9-27-22)23-18-4-5-26-24(18)29-13-28-23/h2-6,8-9,13,16-17,32H,7,10-12H2,1H3,(H,26,28,29). The summed E-state index contributed by atoms with van der Waals surface area (Å²) in [6.45, 7) is 2.21. The first-order valence-corrected chi connectivity index (χ1v) is 10.9. The fraction of sp³-hybridized carbons (Fsp3) is 0.292. The third kappa shape index (κ3) is 3.36. The van der Waals surface area contributed by atoms with Gasteiger partial charge in [-0.15, -0.1) is 0 Å². The summed E-state index contributed by atoms with van der Waals surface area (Å²) in [5.74, 6) is 0.599. The van der Waals surface area contributed by atoms with Crippen molar-refractivity contribution in [1.82, 2.24) is 24.8 Å². The molecule has 0 spiro atoms. The molecule has 0 saturated carbocycles. The Bertz CT molecular complexity index is 1310. The molecule has 168 valence electrons. The zero-order valence-electron chi connectivity index (χ0n) is 18.1. The monoisotopic (exact) mass is 446 g/mol. The number of aromatic amines is 1. The molecule has 2 atom stereocenters. The Hall–Kier alpha value is -3.72. The number of aromatic nitrogens is 4. The number of pyridine rings is 1. The number of ether oxygens (including phenoxy) is 1. The summed E-state index contributed by atoms with van der Waals surface area (Å²) < 4.78 is 19.1. The minimum absolute atomic E-state index is 0.0555. The normalized spacial score (nSPS) is 20.1. The summed E-state index contributed by atoms with van der Waals surface area (Å²) >= 11 is 0. The highest BCUT2D eigenvalue weighted by Crippen LogP contribution is 2.38. The number of nitrogens with zero attached hydrogens (tertiary/aromatic N) is 5. The van der Waals surface area contributed by atoms with Crippen LogP contribution in [0.2, 0.25) is 0 Å². The second-order valence-electron chi connectivity index (χ2n) is 8.60. The number of nitrogens with one attached hydrogen (secondary N) is 1. The predicted octanol–water partition coefficient (Wildman–Crippen LogP) is 3.34. The second-order valence-corrected chi connectivity index (χ2v) is 8.60. The quantitative estimate of drug-likeness (QED) is 0.486. The van der Waals surface area contributed by atoms with Gasteiger partial charge in [0.25, 0.3) is 0 Å². The molecule has 33 heavy (non-hydrogen) atoms. The Kier molecular flexibility index (Phi) is 4.65. The molecule has 2 unspecified atom stereocenters. The summed E-state index contributed by atoms with van der Waals surface area (Å²) in [6.07, 6.45) is 6.37. The zero-order valence-corrected chi connectivity index (χ0v) is 18.1. The third-order valence-corrected chi connectivity index (χ3v) is 6.75. The number of piperidine rings is 1. The van der Waals surface area contributed by atoms with Crippen molar-refractivity contribution in [2.45, 2.75) is 25.0 Å². The van der Waals surface area contributed by atoms with Crippen molar-refractivity contribution < 1.29 is 14.2 Å². The van der Waals surface area contributed by atoms with Gasteiger partial charge >= 0.3 is 0 Å². The number of hydrogen-bond donors (Lipinski definition) is 2. The lowest BCUT2D eigenvalue weighted by Crippen LogP contribution is -2.68. The van der Waals surface area contributed by atoms with Crippen molar-refractivity contribution in [2.75, 3.05) is 25.1 Å². The van der Waals surface area contributed by atoms with E-state index in [1.54, 1.807) is 6.33 Å². The van der Waals surface area contributed by atoms with Crippen molar-refractivity contribution >= 4 is 16.9 Å². The Morgan fingerprint density at radius 1 is 1.15 bits per heavy atom. The fourth-order valence-corrected chi connectivity index (χ4v) is 5.01. The van der Waals surface area contributed by atoms with Gasteiger partial charge in [-0.2, -0.15) is 0 Å². The lowest BCUT2D eigenvalue weighted by molar-refractivity contribution is -0.00923. The molecule has 0 radical (unpaired) electrons. The van der Waals surface area contributed by atoms with E-state index in [4.69, 9.17) is 9.72 Å². The molecule has 9 heteroatoms. The third-order valence-electron chi connectivity index (χ3n) is 6.75. The first-order valence-electron chi connectivity index (χ1n) is 10.9. The van der Waals surface area contributed by atoms with Crippen LogP contribution in [0.4, 0.5) is 10.2 Å². The number of phenolic OH excluding ortho intramolecular Hbond substituents is 1. The van der Waals surface area contributed by atoms with Crippen LogP contribution in [-0.4, -0.2) is 62.2 Å². The van der Waals surface area contributed by atoms with Crippen LogP contribution in [0.5, 0.6) is 11.5 Å². The Labute approximate surface area is 189 Å². The molecule has 3 aliphatic rings. The summed E-state index contributed by atoms with van der Waals surface area (Å²) in [5, 5.41) is 11.2. The minimum atomic E-state index is -0.456. The number of aromatic hydroxyl groups is 1. The molecule has 3 saturated heterocycles. The Balaban J connectivity index is 1.16. The zero-order chi connectivity index (χ0) is 22.5. The summed E-state index contributed by atoms with van der Waals surface area (Å²) in [6, 6.07) is 9.46. The van der Waals surface area contributed by atoms with Crippen LogP contribution in [-0.2, 0) is 6.54 Å². The number of H-pyrrole nitrogens is 1. The van der Waals surface area contributed by atoms with E-state index < -0.39 is 5.82 Å². The lowest BCUT2D eigenvalue weighted by atomic mass is 9.86. The molecule has 3 aromatic heterocycles. The van der Waals surface area contributed by atoms with E-state index in [2.05, 4.69) is 24.8 Å². The van der Waals surface area contributed by atoms with E-state index in [0.717, 1.165) is 47.6 Å². The highest BCUT2D eigenvalue weighted by molar-refractivity contribution is 5.90. The fourth-order valence-electron chi connectivity index (χ4n) is 5.01. The van der Waals surface area contributed by atoms with Gasteiger partial charge in [-0.05, 0) is 30.7 Å². The van der Waals surface area contributed by atoms with E-state index in [1.807, 2.05) is 30.6 Å². The predicted molar refractivity (Wildman–Crippen MR) is 122 cm³/mol. The number of methoxy groups -OCH3 is 1. The van der Waals surface area contributed by atoms with Crippen molar-refractivity contribution in [3.8, 4) is 22.8 Å². The first kappa shape index (κ1) is 19.9. The van der Waals surface area contributed by atoms with Gasteiger partial charge in [-0.25, -0.2) is 19.3 Å². The van der Waals surface area contributed by atoms with Crippen LogP contribution in [0.25, 0.3) is 22.3 Å². The lowest BCUT2D eigenvalue weighted by Gasteiger charge is -2.56. The van der Waals surface area contributed by atoms with Crippen LogP contribution in [0.3, 0.4) is 0 Å². The summed E-state index contributed by atoms with van der Waals surface area (Å²) in [4.78, 5) is 21.1. The summed E-state index contributed by atoms with van der Waals surface area (Å²) in [5.41, 5.74) is 3.20. The molecule has 3 fully saturated rings. The minimum Gasteiger partial charge on any atom is -0.507 e. The highest BCUT2D eigenvalue weighted by Gasteiger charge is 2.45. The number of fused-ring (bicyclic) bond motifs is 3. The topological polar surface area (TPSA) is 90.4 Å². The van der Waals surface area contributed by atoms with E-state index >= 15 is 0 Å². The van der Waals surface area contributed by atoms with Gasteiger partial charge < -0.3 is 19.7 Å². The molecule has 0 aliphatic carbocycles. The van der Waals surface area contributed by atoms with Crippen LogP contribution < -0.4 is 9.64 Å². The number of rotatable bonds is 5. The van der Waals surface area contributed by atoms with Crippen LogP contribution in [0.15, 0.2) is 49.1 Å². The van der Waals surface area contributed by atoms with Gasteiger partial charge in [-0.3, -0.25) is 4.90 Å². The van der Waals surface area contributed by atoms with Crippen molar-refractivity contribution in [1.29, 1.82) is 0 Å². The number of anilines is 1. The average molecular weight is 446 g/mol. The highest BCUT2D eigenvalue weighted by atomic mass is 19.1. The molecular weight excluding hydrogens is 423 g/mol. The Morgan fingerprint density at radius 2 is 2.00 bits per heavy atom. The SMILES string of the molecule is COc1cc(O)c(CN2C3CC2CN(c2ccc(-c4ncnc5[nH]ccc45)cn2)C3)cc1F. The summed E-state index contributed by atoms with van der Waals surface area (Å²) in [7, 11) is 1.39. The largest absolute Gasteiger partial charge is 0.507 e. The maximum absolute atomic E-state index is 14.1. The van der Waals surface area contributed by atoms with E-state index in [0.29, 0.717) is 24.2 Å². The van der Waals surface area contributed by atoms with Gasteiger partial charge in [-0.1, -0.05) is 0 Å². The van der Waals surface area contributed by atoms with E-state index in [1.165, 1.54) is 19.2 Å². The number of halogens is 1. The van der Waals surface area contributed by atoms with Gasteiger partial charge in [0.15, 0.2) is 11.6 Å². The molecule has 6 heterocycles. The molecule has 2 N–H and O–H groups in total. The van der Waals surface area contributed by atoms with Crippen LogP contribution >= 0.6 is 0 Å². The maximum Gasteiger partial charge on any atom is 0.165 e. The second kappa shape index (κ2) is 7.70. The van der Waals surface area contributed by atoms with Crippen molar-refractivity contribution in [3.05, 3.63) is 60.4 Å². The molecule has 1 aromatic carbocycles. The molecule has 0 amide bonds. The van der Waals surface area contributed by atoms with Gasteiger partial charge in [0.2, 0.25) is 0 Å². The van der Waals surface area contributed by atoms with Crippen LogP contribution in [0, 0.1) is 5.82 Å². The average Bonchev–Trinajstić information content (AvgIpc) is 3.33. The van der Waals surface area contributed by atoms with Gasteiger partial charge in [0, 0.05) is 66.7 Å². The first-order chi connectivity index (χ1) is 16.1. The van der Waals surface area contributed by atoms with E-state index in [-0.39, 0.29) is 11.5 Å². The molecular formula is C24H23FN6O2.